The van der Waals surface area contributed by atoms with Crippen LogP contribution in [0.4, 0.5) is 0 Å². The predicted molar refractivity (Wildman–Crippen MR) is 66.6 cm³/mol. The number of nitrogens with zero attached hydrogens (tertiary/aromatic N) is 1. The molecule has 2 fully saturated rings. The molecule has 0 aromatic rings. The molecule has 3 nitrogen and oxygen atoms in total. The van der Waals surface area contributed by atoms with Crippen LogP contribution in [0.3, 0.4) is 0 Å². The van der Waals surface area contributed by atoms with Crippen molar-refractivity contribution < 1.29 is 4.74 Å². The molecule has 2 aliphatic heterocycles. The third-order valence-electron chi connectivity index (χ3n) is 4.95. The molecule has 94 valence electrons. The van der Waals surface area contributed by atoms with Crippen molar-refractivity contribution in [2.45, 2.75) is 33.2 Å². The van der Waals surface area contributed by atoms with Gasteiger partial charge in [0.05, 0.1) is 13.2 Å². The molecular formula is C13H26N2O. The van der Waals surface area contributed by atoms with Gasteiger partial charge in [-0.3, -0.25) is 4.90 Å². The van der Waals surface area contributed by atoms with E-state index >= 15 is 0 Å². The van der Waals surface area contributed by atoms with Crippen molar-refractivity contribution in [3.63, 3.8) is 0 Å². The van der Waals surface area contributed by atoms with Gasteiger partial charge in [-0.05, 0) is 19.8 Å². The SMILES string of the molecule is CC(C)C1(C(C)(C)N2CCNCC2)COC1. The maximum atomic E-state index is 5.53. The second-order valence-corrected chi connectivity index (χ2v) is 6.10. The van der Waals surface area contributed by atoms with E-state index in [0.29, 0.717) is 11.3 Å². The Kier molecular flexibility index (Phi) is 3.30. The average molecular weight is 226 g/mol. The van der Waals surface area contributed by atoms with Crippen molar-refractivity contribution in [2.75, 3.05) is 39.4 Å². The first-order valence-corrected chi connectivity index (χ1v) is 6.54. The Bertz CT molecular complexity index is 240. The van der Waals surface area contributed by atoms with Gasteiger partial charge >= 0.3 is 0 Å². The third-order valence-corrected chi connectivity index (χ3v) is 4.95. The van der Waals surface area contributed by atoms with E-state index in [2.05, 4.69) is 37.9 Å². The highest BCUT2D eigenvalue weighted by Gasteiger charge is 2.55. The number of rotatable bonds is 3. The first kappa shape index (κ1) is 12.3. The predicted octanol–water partition coefficient (Wildman–Crippen LogP) is 1.34. The third kappa shape index (κ3) is 1.69. The van der Waals surface area contributed by atoms with Crippen molar-refractivity contribution in [1.82, 2.24) is 10.2 Å². The molecule has 0 saturated carbocycles. The second kappa shape index (κ2) is 4.28. The smallest absolute Gasteiger partial charge is 0.0564 e. The molecule has 0 aromatic heterocycles. The van der Waals surface area contributed by atoms with Crippen LogP contribution in [0.1, 0.15) is 27.7 Å². The monoisotopic (exact) mass is 226 g/mol. The van der Waals surface area contributed by atoms with Gasteiger partial charge < -0.3 is 10.1 Å². The van der Waals surface area contributed by atoms with Gasteiger partial charge in [-0.2, -0.15) is 0 Å². The lowest BCUT2D eigenvalue weighted by atomic mass is 9.62. The quantitative estimate of drug-likeness (QED) is 0.786. The summed E-state index contributed by atoms with van der Waals surface area (Å²) in [5, 5.41) is 3.43. The average Bonchev–Trinajstić information content (AvgIpc) is 2.16. The maximum Gasteiger partial charge on any atom is 0.0564 e. The van der Waals surface area contributed by atoms with E-state index in [1.807, 2.05) is 0 Å². The lowest BCUT2D eigenvalue weighted by Gasteiger charge is -2.60. The number of hydrogen-bond donors (Lipinski definition) is 1. The molecule has 0 radical (unpaired) electrons. The fourth-order valence-electron chi connectivity index (χ4n) is 3.25. The minimum absolute atomic E-state index is 0.252. The number of ether oxygens (including phenoxy) is 1. The van der Waals surface area contributed by atoms with Gasteiger partial charge in [0.1, 0.15) is 0 Å². The molecule has 0 amide bonds. The van der Waals surface area contributed by atoms with Crippen LogP contribution in [-0.4, -0.2) is 49.8 Å². The molecular weight excluding hydrogens is 200 g/mol. The van der Waals surface area contributed by atoms with Crippen molar-refractivity contribution in [2.24, 2.45) is 11.3 Å². The van der Waals surface area contributed by atoms with Gasteiger partial charge in [0, 0.05) is 37.1 Å². The standard InChI is InChI=1S/C13H26N2O/c1-11(2)13(9-16-10-13)12(3,4)15-7-5-14-6-8-15/h11,14H,5-10H2,1-4H3. The lowest BCUT2D eigenvalue weighted by Crippen LogP contribution is -2.69. The summed E-state index contributed by atoms with van der Waals surface area (Å²) >= 11 is 0. The topological polar surface area (TPSA) is 24.5 Å². The first-order valence-electron chi connectivity index (χ1n) is 6.54. The Hall–Kier alpha value is -0.120. The summed E-state index contributed by atoms with van der Waals surface area (Å²) in [6, 6.07) is 0. The normalized spacial score (nSPS) is 26.8. The van der Waals surface area contributed by atoms with E-state index in [4.69, 9.17) is 4.74 Å². The van der Waals surface area contributed by atoms with E-state index in [9.17, 15) is 0 Å². The molecule has 16 heavy (non-hydrogen) atoms. The molecule has 2 rings (SSSR count). The van der Waals surface area contributed by atoms with E-state index < -0.39 is 0 Å². The summed E-state index contributed by atoms with van der Waals surface area (Å²) < 4.78 is 5.53. The van der Waals surface area contributed by atoms with E-state index in [-0.39, 0.29) is 5.54 Å². The largest absolute Gasteiger partial charge is 0.380 e. The van der Waals surface area contributed by atoms with E-state index in [0.717, 1.165) is 26.3 Å². The zero-order valence-electron chi connectivity index (χ0n) is 11.2. The highest BCUT2D eigenvalue weighted by atomic mass is 16.5. The fraction of sp³-hybridized carbons (Fsp3) is 1.00. The second-order valence-electron chi connectivity index (χ2n) is 6.10. The first-order chi connectivity index (χ1) is 7.51. The lowest BCUT2D eigenvalue weighted by molar-refractivity contribution is -0.210. The molecule has 0 spiro atoms. The van der Waals surface area contributed by atoms with Crippen molar-refractivity contribution in [1.29, 1.82) is 0 Å². The maximum absolute atomic E-state index is 5.53. The summed E-state index contributed by atoms with van der Waals surface area (Å²) in [4.78, 5) is 2.64. The van der Waals surface area contributed by atoms with Gasteiger partial charge in [-0.1, -0.05) is 13.8 Å². The Labute approximate surface area is 99.5 Å². The van der Waals surface area contributed by atoms with E-state index in [1.54, 1.807) is 0 Å². The van der Waals surface area contributed by atoms with Crippen LogP contribution >= 0.6 is 0 Å². The number of nitrogens with one attached hydrogen (secondary N) is 1. The van der Waals surface area contributed by atoms with Gasteiger partial charge in [0.15, 0.2) is 0 Å². The molecule has 2 aliphatic rings. The van der Waals surface area contributed by atoms with E-state index in [1.165, 1.54) is 13.1 Å². The minimum Gasteiger partial charge on any atom is -0.380 e. The van der Waals surface area contributed by atoms with Crippen LogP contribution in [0, 0.1) is 11.3 Å². The van der Waals surface area contributed by atoms with Gasteiger partial charge in [0.2, 0.25) is 0 Å². The summed E-state index contributed by atoms with van der Waals surface area (Å²) in [6.45, 7) is 15.9. The summed E-state index contributed by atoms with van der Waals surface area (Å²) in [6.07, 6.45) is 0. The Balaban J connectivity index is 2.15. The van der Waals surface area contributed by atoms with Crippen LogP contribution in [0.5, 0.6) is 0 Å². The van der Waals surface area contributed by atoms with Crippen LogP contribution in [0.2, 0.25) is 0 Å². The van der Waals surface area contributed by atoms with Crippen LogP contribution in [-0.2, 0) is 4.74 Å². The fourth-order valence-corrected chi connectivity index (χ4v) is 3.25. The number of piperazine rings is 1. The van der Waals surface area contributed by atoms with Crippen LogP contribution in [0.15, 0.2) is 0 Å². The Morgan fingerprint density at radius 2 is 1.75 bits per heavy atom. The Morgan fingerprint density at radius 1 is 1.19 bits per heavy atom. The van der Waals surface area contributed by atoms with Crippen LogP contribution < -0.4 is 5.32 Å². The highest BCUT2D eigenvalue weighted by molar-refractivity contribution is 5.06. The summed E-state index contributed by atoms with van der Waals surface area (Å²) in [5.41, 5.74) is 0.603. The molecule has 0 bridgehead atoms. The molecule has 2 saturated heterocycles. The molecule has 0 aliphatic carbocycles. The van der Waals surface area contributed by atoms with Gasteiger partial charge in [0.25, 0.3) is 0 Å². The Morgan fingerprint density at radius 3 is 2.12 bits per heavy atom. The molecule has 0 aromatic carbocycles. The van der Waals surface area contributed by atoms with Crippen LogP contribution in [0.25, 0.3) is 0 Å². The molecule has 2 heterocycles. The van der Waals surface area contributed by atoms with Gasteiger partial charge in [-0.25, -0.2) is 0 Å². The summed E-state index contributed by atoms with van der Waals surface area (Å²) in [5.74, 6) is 0.686. The molecule has 3 heteroatoms. The van der Waals surface area contributed by atoms with Crippen molar-refractivity contribution >= 4 is 0 Å². The minimum atomic E-state index is 0.252. The molecule has 1 N–H and O–H groups in total. The summed E-state index contributed by atoms with van der Waals surface area (Å²) in [7, 11) is 0. The zero-order valence-corrected chi connectivity index (χ0v) is 11.2. The van der Waals surface area contributed by atoms with Crippen molar-refractivity contribution in [3.8, 4) is 0 Å². The zero-order chi connectivity index (χ0) is 11.8. The van der Waals surface area contributed by atoms with Crippen molar-refractivity contribution in [3.05, 3.63) is 0 Å². The highest BCUT2D eigenvalue weighted by Crippen LogP contribution is 2.48. The molecule has 0 atom stereocenters. The number of hydrogen-bond acceptors (Lipinski definition) is 3. The van der Waals surface area contributed by atoms with Gasteiger partial charge in [-0.15, -0.1) is 0 Å². The molecule has 0 unspecified atom stereocenters.